The van der Waals surface area contributed by atoms with Gasteiger partial charge in [-0.3, -0.25) is 14.5 Å². The maximum absolute atomic E-state index is 13.1. The zero-order chi connectivity index (χ0) is 25.0. The topological polar surface area (TPSA) is 100 Å². The van der Waals surface area contributed by atoms with Crippen molar-refractivity contribution in [1.82, 2.24) is 20.4 Å². The number of anilines is 1. The van der Waals surface area contributed by atoms with Crippen molar-refractivity contribution in [3.63, 3.8) is 0 Å². The van der Waals surface area contributed by atoms with E-state index in [2.05, 4.69) is 25.7 Å². The van der Waals surface area contributed by atoms with Gasteiger partial charge in [0, 0.05) is 17.6 Å². The Morgan fingerprint density at radius 1 is 1.14 bits per heavy atom. The first-order valence-corrected chi connectivity index (χ1v) is 12.0. The summed E-state index contributed by atoms with van der Waals surface area (Å²) in [6.45, 7) is 9.74. The minimum absolute atomic E-state index is 0.0864. The number of likely N-dealkylation sites (tertiary alicyclic amines) is 1. The van der Waals surface area contributed by atoms with Crippen molar-refractivity contribution in [3.8, 4) is 11.4 Å². The SMILES string of the molecule is Cc1cccc(-c2noc(CN3CCCC(C(=O)Nc4ccccc4C(=O)NC(C)(C)C)C3)n2)c1. The van der Waals surface area contributed by atoms with Crippen LogP contribution in [0.2, 0.25) is 0 Å². The van der Waals surface area contributed by atoms with Crippen LogP contribution in [0.1, 0.15) is 55.4 Å². The van der Waals surface area contributed by atoms with Crippen LogP contribution in [0.3, 0.4) is 0 Å². The van der Waals surface area contributed by atoms with Gasteiger partial charge in [0.25, 0.3) is 5.91 Å². The second-order valence-electron chi connectivity index (χ2n) is 10.2. The molecule has 1 saturated heterocycles. The maximum atomic E-state index is 13.1. The number of carbonyl (C=O) groups excluding carboxylic acids is 2. The summed E-state index contributed by atoms with van der Waals surface area (Å²) in [6, 6.07) is 15.1. The van der Waals surface area contributed by atoms with Gasteiger partial charge in [-0.05, 0) is 65.3 Å². The molecule has 0 aliphatic carbocycles. The Morgan fingerprint density at radius 3 is 2.71 bits per heavy atom. The number of hydrogen-bond donors (Lipinski definition) is 2. The van der Waals surface area contributed by atoms with Crippen LogP contribution in [-0.4, -0.2) is 45.5 Å². The van der Waals surface area contributed by atoms with Gasteiger partial charge in [-0.2, -0.15) is 4.98 Å². The van der Waals surface area contributed by atoms with Gasteiger partial charge in [0.2, 0.25) is 17.6 Å². The highest BCUT2D eigenvalue weighted by Crippen LogP contribution is 2.23. The number of aryl methyl sites for hydroxylation is 1. The molecule has 2 N–H and O–H groups in total. The summed E-state index contributed by atoms with van der Waals surface area (Å²) in [5.41, 5.74) is 2.67. The molecule has 0 saturated carbocycles. The summed E-state index contributed by atoms with van der Waals surface area (Å²) in [4.78, 5) is 32.6. The Labute approximate surface area is 206 Å². The Bertz CT molecular complexity index is 1200. The van der Waals surface area contributed by atoms with Gasteiger partial charge in [-0.1, -0.05) is 41.1 Å². The van der Waals surface area contributed by atoms with Crippen molar-refractivity contribution in [3.05, 3.63) is 65.5 Å². The zero-order valence-corrected chi connectivity index (χ0v) is 20.8. The average molecular weight is 476 g/mol. The molecule has 4 rings (SSSR count). The van der Waals surface area contributed by atoms with Crippen molar-refractivity contribution in [2.45, 2.75) is 52.6 Å². The Hall–Kier alpha value is -3.52. The van der Waals surface area contributed by atoms with Crippen molar-refractivity contribution < 1.29 is 14.1 Å². The van der Waals surface area contributed by atoms with Crippen molar-refractivity contribution >= 4 is 17.5 Å². The van der Waals surface area contributed by atoms with E-state index in [-0.39, 0.29) is 23.3 Å². The van der Waals surface area contributed by atoms with E-state index < -0.39 is 0 Å². The average Bonchev–Trinajstić information content (AvgIpc) is 3.27. The van der Waals surface area contributed by atoms with Crippen molar-refractivity contribution in [2.24, 2.45) is 5.92 Å². The zero-order valence-electron chi connectivity index (χ0n) is 20.8. The fourth-order valence-electron chi connectivity index (χ4n) is 4.26. The number of rotatable bonds is 6. The molecule has 8 nitrogen and oxygen atoms in total. The lowest BCUT2D eigenvalue weighted by atomic mass is 9.96. The minimum atomic E-state index is -0.369. The molecule has 1 aliphatic heterocycles. The Morgan fingerprint density at radius 2 is 1.94 bits per heavy atom. The van der Waals surface area contributed by atoms with E-state index in [9.17, 15) is 9.59 Å². The normalized spacial score (nSPS) is 16.6. The van der Waals surface area contributed by atoms with E-state index in [0.717, 1.165) is 30.5 Å². The highest BCUT2D eigenvalue weighted by atomic mass is 16.5. The molecule has 2 heterocycles. The molecule has 1 unspecified atom stereocenters. The van der Waals surface area contributed by atoms with E-state index in [1.807, 2.05) is 58.0 Å². The lowest BCUT2D eigenvalue weighted by Crippen LogP contribution is -2.42. The predicted molar refractivity (Wildman–Crippen MR) is 135 cm³/mol. The molecule has 0 radical (unpaired) electrons. The molecule has 2 amide bonds. The van der Waals surface area contributed by atoms with Gasteiger partial charge in [0.15, 0.2) is 0 Å². The smallest absolute Gasteiger partial charge is 0.253 e. The molecule has 1 fully saturated rings. The van der Waals surface area contributed by atoms with Crippen molar-refractivity contribution in [1.29, 1.82) is 0 Å². The van der Waals surface area contributed by atoms with Crippen LogP contribution in [0.4, 0.5) is 5.69 Å². The number of hydrogen-bond acceptors (Lipinski definition) is 6. The number of carbonyl (C=O) groups is 2. The first-order valence-electron chi connectivity index (χ1n) is 12.0. The van der Waals surface area contributed by atoms with Gasteiger partial charge in [-0.25, -0.2) is 0 Å². The fourth-order valence-corrected chi connectivity index (χ4v) is 4.26. The number of nitrogens with one attached hydrogen (secondary N) is 2. The molecule has 2 aromatic carbocycles. The molecule has 35 heavy (non-hydrogen) atoms. The number of benzene rings is 2. The molecule has 1 aromatic heterocycles. The summed E-state index contributed by atoms with van der Waals surface area (Å²) in [7, 11) is 0. The predicted octanol–water partition coefficient (Wildman–Crippen LogP) is 4.42. The van der Waals surface area contributed by atoms with Gasteiger partial charge in [-0.15, -0.1) is 0 Å². The van der Waals surface area contributed by atoms with Crippen LogP contribution >= 0.6 is 0 Å². The summed E-state index contributed by atoms with van der Waals surface area (Å²) in [5, 5.41) is 10.1. The second kappa shape index (κ2) is 10.4. The Kier molecular flexibility index (Phi) is 7.31. The van der Waals surface area contributed by atoms with Crippen LogP contribution in [0, 0.1) is 12.8 Å². The summed E-state index contributed by atoms with van der Waals surface area (Å²) in [5.74, 6) is 0.615. The molecule has 1 atom stereocenters. The van der Waals surface area contributed by atoms with Crippen LogP contribution in [0.25, 0.3) is 11.4 Å². The lowest BCUT2D eigenvalue weighted by Gasteiger charge is -2.31. The Balaban J connectivity index is 1.39. The van der Waals surface area contributed by atoms with E-state index in [4.69, 9.17) is 4.52 Å². The highest BCUT2D eigenvalue weighted by Gasteiger charge is 2.28. The molecule has 3 aromatic rings. The molecular weight excluding hydrogens is 442 g/mol. The number of nitrogens with zero attached hydrogens (tertiary/aromatic N) is 3. The molecular formula is C27H33N5O3. The monoisotopic (exact) mass is 475 g/mol. The third kappa shape index (κ3) is 6.54. The van der Waals surface area contributed by atoms with Gasteiger partial charge >= 0.3 is 0 Å². The highest BCUT2D eigenvalue weighted by molar-refractivity contribution is 6.04. The van der Waals surface area contributed by atoms with Gasteiger partial charge in [0.05, 0.1) is 23.7 Å². The van der Waals surface area contributed by atoms with Crippen LogP contribution in [-0.2, 0) is 11.3 Å². The third-order valence-electron chi connectivity index (χ3n) is 5.90. The maximum Gasteiger partial charge on any atom is 0.253 e. The summed E-state index contributed by atoms with van der Waals surface area (Å²) < 4.78 is 5.49. The van der Waals surface area contributed by atoms with Crippen molar-refractivity contribution in [2.75, 3.05) is 18.4 Å². The van der Waals surface area contributed by atoms with E-state index >= 15 is 0 Å². The van der Waals surface area contributed by atoms with Crippen LogP contribution in [0.15, 0.2) is 53.1 Å². The summed E-state index contributed by atoms with van der Waals surface area (Å²) >= 11 is 0. The largest absolute Gasteiger partial charge is 0.347 e. The minimum Gasteiger partial charge on any atom is -0.347 e. The first-order chi connectivity index (χ1) is 16.7. The quantitative estimate of drug-likeness (QED) is 0.547. The molecule has 184 valence electrons. The lowest BCUT2D eigenvalue weighted by molar-refractivity contribution is -0.121. The first kappa shape index (κ1) is 24.6. The van der Waals surface area contributed by atoms with E-state index in [1.165, 1.54) is 0 Å². The van der Waals surface area contributed by atoms with E-state index in [1.54, 1.807) is 18.2 Å². The fraction of sp³-hybridized carbons (Fsp3) is 0.407. The number of amides is 2. The van der Waals surface area contributed by atoms with Crippen LogP contribution in [0.5, 0.6) is 0 Å². The summed E-state index contributed by atoms with van der Waals surface area (Å²) in [6.07, 6.45) is 1.68. The standard InChI is InChI=1S/C27H33N5O3/c1-18-9-7-10-19(15-18)24-29-23(35-31-24)17-32-14-8-11-20(16-32)25(33)28-22-13-6-5-12-21(22)26(34)30-27(2,3)4/h5-7,9-10,12-13,15,20H,8,11,14,16-17H2,1-4H3,(H,28,33)(H,30,34). The third-order valence-corrected chi connectivity index (χ3v) is 5.90. The van der Waals surface area contributed by atoms with Crippen LogP contribution < -0.4 is 10.6 Å². The number of aromatic nitrogens is 2. The number of para-hydroxylation sites is 1. The molecule has 0 spiro atoms. The van der Waals surface area contributed by atoms with Gasteiger partial charge < -0.3 is 15.2 Å². The van der Waals surface area contributed by atoms with Gasteiger partial charge in [0.1, 0.15) is 0 Å². The molecule has 8 heteroatoms. The second-order valence-corrected chi connectivity index (χ2v) is 10.2. The van der Waals surface area contributed by atoms with E-state index in [0.29, 0.717) is 36.1 Å². The number of piperidine rings is 1. The molecule has 1 aliphatic rings. The molecule has 0 bridgehead atoms.